The van der Waals surface area contributed by atoms with E-state index in [1.807, 2.05) is 73.8 Å². The minimum atomic E-state index is -3.22. The van der Waals surface area contributed by atoms with Gasteiger partial charge in [0.15, 0.2) is 0 Å². The van der Waals surface area contributed by atoms with E-state index in [9.17, 15) is 9.90 Å². The number of anilines is 1. The second kappa shape index (κ2) is 13.2. The van der Waals surface area contributed by atoms with Crippen molar-refractivity contribution in [2.75, 3.05) is 19.0 Å². The first-order chi connectivity index (χ1) is 20.7. The highest BCUT2D eigenvalue weighted by Gasteiger charge is 2.47. The van der Waals surface area contributed by atoms with Gasteiger partial charge in [0.2, 0.25) is 8.41 Å². The summed E-state index contributed by atoms with van der Waals surface area (Å²) in [5.74, 6) is 0.00869. The Kier molecular flexibility index (Phi) is 9.39. The molecule has 1 aromatic heterocycles. The van der Waals surface area contributed by atoms with Crippen LogP contribution < -0.4 is 10.1 Å². The van der Waals surface area contributed by atoms with E-state index in [0.717, 1.165) is 11.1 Å². The number of nitrogens with one attached hydrogen (secondary N) is 1. The lowest BCUT2D eigenvalue weighted by Gasteiger charge is -2.43. The molecule has 5 atom stereocenters. The van der Waals surface area contributed by atoms with Crippen LogP contribution in [-0.4, -0.2) is 54.2 Å². The molecule has 0 saturated heterocycles. The number of halogens is 1. The van der Waals surface area contributed by atoms with E-state index < -0.39 is 14.5 Å². The van der Waals surface area contributed by atoms with Crippen molar-refractivity contribution in [1.82, 2.24) is 15.0 Å². The third-order valence-corrected chi connectivity index (χ3v) is 10.7. The first-order valence-electron chi connectivity index (χ1n) is 14.6. The number of hydrogen-bond acceptors (Lipinski definition) is 6. The van der Waals surface area contributed by atoms with E-state index in [2.05, 4.69) is 15.6 Å². The Morgan fingerprint density at radius 3 is 2.47 bits per heavy atom. The van der Waals surface area contributed by atoms with Crippen molar-refractivity contribution < 1.29 is 23.5 Å². The van der Waals surface area contributed by atoms with Gasteiger partial charge in [0, 0.05) is 48.1 Å². The number of fused-ring (bicyclic) bond motifs is 1. The van der Waals surface area contributed by atoms with Gasteiger partial charge in [0.25, 0.3) is 5.91 Å². The van der Waals surface area contributed by atoms with Crippen LogP contribution in [0.5, 0.6) is 5.75 Å². The van der Waals surface area contributed by atoms with Gasteiger partial charge in [-0.15, -0.1) is 5.10 Å². The molecule has 5 rings (SSSR count). The molecule has 1 aliphatic rings. The lowest BCUT2D eigenvalue weighted by atomic mass is 9.86. The van der Waals surface area contributed by atoms with E-state index >= 15 is 4.11 Å². The largest absolute Gasteiger partial charge is 0.490 e. The van der Waals surface area contributed by atoms with Crippen molar-refractivity contribution in [3.63, 3.8) is 0 Å². The van der Waals surface area contributed by atoms with Gasteiger partial charge < -0.3 is 24.0 Å². The second-order valence-corrected chi connectivity index (χ2v) is 15.6. The molecule has 2 heterocycles. The maximum Gasteiger partial charge on any atom is 0.255 e. The maximum atomic E-state index is 16.0. The molecular formula is C33H39FN4O4Si. The predicted molar refractivity (Wildman–Crippen MR) is 167 cm³/mol. The zero-order valence-electron chi connectivity index (χ0n) is 25.0. The summed E-state index contributed by atoms with van der Waals surface area (Å²) in [4.78, 5) is 12.7. The highest BCUT2D eigenvalue weighted by Crippen LogP contribution is 2.48. The van der Waals surface area contributed by atoms with Gasteiger partial charge in [0.1, 0.15) is 11.9 Å². The van der Waals surface area contributed by atoms with E-state index in [0.29, 0.717) is 35.7 Å². The number of aromatic nitrogens is 3. The lowest BCUT2D eigenvalue weighted by Crippen LogP contribution is -2.46. The Bertz CT molecular complexity index is 1510. The number of rotatable bonds is 11. The SMILES string of the molecule is CO[C@@H]1c2cc(NC(=O)c3ccccc3)ccc2O[C@H](C(CCn2cc(C(CO)c3ccccc3)nn2)[Si](C)(C)F)[C@H]1C. The molecule has 0 bridgehead atoms. The van der Waals surface area contributed by atoms with Gasteiger partial charge in [-0.2, -0.15) is 0 Å². The van der Waals surface area contributed by atoms with Crippen molar-refractivity contribution in [1.29, 1.82) is 0 Å². The Labute approximate surface area is 253 Å². The first kappa shape index (κ1) is 30.6. The fourth-order valence-electron chi connectivity index (χ4n) is 6.06. The Hall–Kier alpha value is -3.86. The molecule has 0 fully saturated rings. The summed E-state index contributed by atoms with van der Waals surface area (Å²) < 4.78 is 30.2. The van der Waals surface area contributed by atoms with Gasteiger partial charge in [0.05, 0.1) is 24.3 Å². The molecule has 0 saturated carbocycles. The quantitative estimate of drug-likeness (QED) is 0.153. The summed E-state index contributed by atoms with van der Waals surface area (Å²) in [5.41, 5.74) is 3.32. The Balaban J connectivity index is 1.33. The molecule has 2 unspecified atom stereocenters. The molecule has 2 N–H and O–H groups in total. The van der Waals surface area contributed by atoms with Crippen molar-refractivity contribution >= 4 is 20.0 Å². The van der Waals surface area contributed by atoms with Crippen LogP contribution in [0.15, 0.2) is 85.1 Å². The van der Waals surface area contributed by atoms with Crippen LogP contribution in [0, 0.1) is 5.92 Å². The highest BCUT2D eigenvalue weighted by atomic mass is 28.4. The third-order valence-electron chi connectivity index (χ3n) is 8.37. The number of aryl methyl sites for hydroxylation is 1. The smallest absolute Gasteiger partial charge is 0.255 e. The summed E-state index contributed by atoms with van der Waals surface area (Å²) in [6, 6.07) is 24.2. The molecule has 226 valence electrons. The number of benzene rings is 3. The minimum Gasteiger partial charge on any atom is -0.490 e. The summed E-state index contributed by atoms with van der Waals surface area (Å²) in [6.07, 6.45) is 1.60. The zero-order valence-corrected chi connectivity index (χ0v) is 26.0. The topological polar surface area (TPSA) is 98.5 Å². The molecular weight excluding hydrogens is 563 g/mol. The number of carbonyl (C=O) groups excluding carboxylic acids is 1. The molecule has 0 spiro atoms. The van der Waals surface area contributed by atoms with E-state index in [1.165, 1.54) is 0 Å². The number of hydrogen-bond donors (Lipinski definition) is 2. The Morgan fingerprint density at radius 1 is 1.12 bits per heavy atom. The lowest BCUT2D eigenvalue weighted by molar-refractivity contribution is -0.0242. The van der Waals surface area contributed by atoms with Crippen molar-refractivity contribution in [3.05, 3.63) is 107 Å². The average molecular weight is 603 g/mol. The first-order valence-corrected chi connectivity index (χ1v) is 17.6. The van der Waals surface area contributed by atoms with E-state index in [4.69, 9.17) is 9.47 Å². The second-order valence-electron chi connectivity index (χ2n) is 11.7. The minimum absolute atomic E-state index is 0.0847. The average Bonchev–Trinajstić information content (AvgIpc) is 3.47. The molecule has 1 amide bonds. The van der Waals surface area contributed by atoms with Crippen LogP contribution in [0.3, 0.4) is 0 Å². The molecule has 0 radical (unpaired) electrons. The molecule has 4 aromatic rings. The molecule has 10 heteroatoms. The van der Waals surface area contributed by atoms with Crippen molar-refractivity contribution in [2.45, 2.75) is 56.7 Å². The maximum absolute atomic E-state index is 16.0. The zero-order chi connectivity index (χ0) is 30.6. The van der Waals surface area contributed by atoms with Gasteiger partial charge in [-0.1, -0.05) is 60.7 Å². The molecule has 43 heavy (non-hydrogen) atoms. The number of methoxy groups -OCH3 is 1. The van der Waals surface area contributed by atoms with Gasteiger partial charge in [-0.25, -0.2) is 0 Å². The van der Waals surface area contributed by atoms with Crippen LogP contribution in [0.1, 0.15) is 52.5 Å². The Morgan fingerprint density at radius 2 is 1.81 bits per heavy atom. The molecule has 8 nitrogen and oxygen atoms in total. The van der Waals surface area contributed by atoms with Gasteiger partial charge in [-0.3, -0.25) is 9.48 Å². The fourth-order valence-corrected chi connectivity index (χ4v) is 8.02. The van der Waals surface area contributed by atoms with Crippen LogP contribution in [0.25, 0.3) is 0 Å². The monoisotopic (exact) mass is 602 g/mol. The van der Waals surface area contributed by atoms with E-state index in [-0.39, 0.29) is 36.0 Å². The number of carbonyl (C=O) groups is 1. The van der Waals surface area contributed by atoms with Crippen molar-refractivity contribution in [3.8, 4) is 5.75 Å². The summed E-state index contributed by atoms with van der Waals surface area (Å²) >= 11 is 0. The number of aliphatic hydroxyl groups is 1. The number of nitrogens with zero attached hydrogens (tertiary/aromatic N) is 3. The van der Waals surface area contributed by atoms with Crippen LogP contribution in [0.2, 0.25) is 18.6 Å². The predicted octanol–water partition coefficient (Wildman–Crippen LogP) is 6.37. The molecule has 1 aliphatic heterocycles. The van der Waals surface area contributed by atoms with Gasteiger partial charge in [-0.05, 0) is 55.4 Å². The van der Waals surface area contributed by atoms with Crippen LogP contribution >= 0.6 is 0 Å². The van der Waals surface area contributed by atoms with E-state index in [1.54, 1.807) is 43.1 Å². The van der Waals surface area contributed by atoms with Crippen LogP contribution in [0.4, 0.5) is 9.80 Å². The normalized spacial score (nSPS) is 19.6. The standard InChI is InChI=1S/C33H39FN4O4Si/c1-22-31(41-2)26-19-25(35-33(40)24-13-9-6-10-14-24)15-16-29(26)42-32(22)30(43(3,4)34)17-18-38-20-28(36-37-38)27(21-39)23-11-7-5-8-12-23/h5-16,19-20,22,27,30-32,39H,17-18,21H2,1-4H3,(H,35,40)/t22-,27?,30?,31-,32-/m0/s1. The molecule has 3 aromatic carbocycles. The summed E-state index contributed by atoms with van der Waals surface area (Å²) in [7, 11) is -1.57. The number of ether oxygens (including phenoxy) is 2. The summed E-state index contributed by atoms with van der Waals surface area (Å²) in [5, 5.41) is 21.6. The summed E-state index contributed by atoms with van der Waals surface area (Å²) in [6.45, 7) is 5.85. The van der Waals surface area contributed by atoms with Crippen LogP contribution in [-0.2, 0) is 11.3 Å². The third kappa shape index (κ3) is 6.87. The van der Waals surface area contributed by atoms with Crippen molar-refractivity contribution in [2.24, 2.45) is 5.92 Å². The number of amides is 1. The highest BCUT2D eigenvalue weighted by molar-refractivity contribution is 6.72. The molecule has 0 aliphatic carbocycles. The number of aliphatic hydroxyl groups excluding tert-OH is 1. The van der Waals surface area contributed by atoms with Gasteiger partial charge >= 0.3 is 0 Å². The fraction of sp³-hybridized carbons (Fsp3) is 0.364.